The Balaban J connectivity index is 2.13. The maximum Gasteiger partial charge on any atom is 0.289 e. The van der Waals surface area contributed by atoms with Crippen molar-refractivity contribution < 1.29 is 9.21 Å². The molecular formula is C14H15BrN2O2. The molecule has 19 heavy (non-hydrogen) atoms. The van der Waals surface area contributed by atoms with E-state index in [1.807, 2.05) is 31.2 Å². The predicted octanol–water partition coefficient (Wildman–Crippen LogP) is 3.54. The maximum absolute atomic E-state index is 12.1. The Morgan fingerprint density at radius 3 is 2.74 bits per heavy atom. The number of oxazole rings is 1. The smallest absolute Gasteiger partial charge is 0.289 e. The second-order valence-electron chi connectivity index (χ2n) is 4.40. The van der Waals surface area contributed by atoms with Crippen molar-refractivity contribution in [2.45, 2.75) is 26.8 Å². The van der Waals surface area contributed by atoms with Gasteiger partial charge in [0.1, 0.15) is 0 Å². The first-order valence-electron chi connectivity index (χ1n) is 5.97. The highest BCUT2D eigenvalue weighted by molar-refractivity contribution is 9.10. The fourth-order valence-corrected chi connectivity index (χ4v) is 2.28. The Bertz CT molecular complexity index is 607. The van der Waals surface area contributed by atoms with Crippen molar-refractivity contribution in [1.29, 1.82) is 0 Å². The minimum absolute atomic E-state index is 0.102. The van der Waals surface area contributed by atoms with Gasteiger partial charge in [-0.3, -0.25) is 4.79 Å². The Kier molecular flexibility index (Phi) is 4.04. The minimum atomic E-state index is -0.245. The van der Waals surface area contributed by atoms with Gasteiger partial charge in [-0.05, 0) is 31.5 Å². The number of nitrogens with one attached hydrogen (secondary N) is 1. The van der Waals surface area contributed by atoms with Crippen LogP contribution in [0.3, 0.4) is 0 Å². The monoisotopic (exact) mass is 322 g/mol. The molecule has 1 N–H and O–H groups in total. The van der Waals surface area contributed by atoms with Crippen molar-refractivity contribution in [1.82, 2.24) is 10.3 Å². The molecule has 2 aromatic rings. The number of rotatable bonds is 3. The normalized spacial score (nSPS) is 12.2. The van der Waals surface area contributed by atoms with Crippen LogP contribution in [0.15, 0.2) is 33.2 Å². The van der Waals surface area contributed by atoms with E-state index in [4.69, 9.17) is 4.42 Å². The molecule has 0 saturated heterocycles. The number of carbonyl (C=O) groups is 1. The van der Waals surface area contributed by atoms with Gasteiger partial charge in [-0.1, -0.05) is 28.1 Å². The molecule has 0 saturated carbocycles. The van der Waals surface area contributed by atoms with E-state index in [2.05, 4.69) is 26.2 Å². The molecule has 0 aliphatic carbocycles. The molecule has 0 spiro atoms. The summed E-state index contributed by atoms with van der Waals surface area (Å²) < 4.78 is 6.29. The summed E-state index contributed by atoms with van der Waals surface area (Å²) in [6, 6.07) is 7.72. The van der Waals surface area contributed by atoms with Crippen LogP contribution in [-0.4, -0.2) is 10.9 Å². The molecule has 1 aromatic carbocycles. The molecule has 1 aromatic heterocycles. The van der Waals surface area contributed by atoms with Crippen LogP contribution in [0.2, 0.25) is 0 Å². The average Bonchev–Trinajstić information content (AvgIpc) is 2.68. The number of aryl methyl sites for hydroxylation is 2. The first-order chi connectivity index (χ1) is 8.97. The van der Waals surface area contributed by atoms with Gasteiger partial charge >= 0.3 is 0 Å². The molecule has 4 nitrogen and oxygen atoms in total. The third-order valence-electron chi connectivity index (χ3n) is 2.81. The van der Waals surface area contributed by atoms with Crippen molar-refractivity contribution in [3.05, 3.63) is 51.6 Å². The summed E-state index contributed by atoms with van der Waals surface area (Å²) in [6.45, 7) is 5.41. The van der Waals surface area contributed by atoms with Gasteiger partial charge in [0.2, 0.25) is 5.76 Å². The van der Waals surface area contributed by atoms with Crippen LogP contribution in [0.1, 0.15) is 40.7 Å². The fraction of sp³-hybridized carbons (Fsp3) is 0.286. The van der Waals surface area contributed by atoms with Crippen LogP contribution in [0.5, 0.6) is 0 Å². The SMILES string of the molecule is Cc1nc(C)c(C(=O)NC(C)c2cccc(Br)c2)o1. The van der Waals surface area contributed by atoms with E-state index in [0.29, 0.717) is 11.6 Å². The van der Waals surface area contributed by atoms with Gasteiger partial charge in [0.05, 0.1) is 11.7 Å². The highest BCUT2D eigenvalue weighted by atomic mass is 79.9. The molecule has 5 heteroatoms. The molecule has 1 unspecified atom stereocenters. The van der Waals surface area contributed by atoms with Gasteiger partial charge in [-0.2, -0.15) is 0 Å². The lowest BCUT2D eigenvalue weighted by Gasteiger charge is -2.13. The molecule has 1 atom stereocenters. The Labute approximate surface area is 120 Å². The number of amides is 1. The Morgan fingerprint density at radius 1 is 1.42 bits per heavy atom. The fourth-order valence-electron chi connectivity index (χ4n) is 1.86. The molecule has 100 valence electrons. The largest absolute Gasteiger partial charge is 0.436 e. The maximum atomic E-state index is 12.1. The lowest BCUT2D eigenvalue weighted by atomic mass is 10.1. The van der Waals surface area contributed by atoms with Crippen LogP contribution in [-0.2, 0) is 0 Å². The second kappa shape index (κ2) is 5.57. The number of hydrogen-bond donors (Lipinski definition) is 1. The second-order valence-corrected chi connectivity index (χ2v) is 5.31. The number of hydrogen-bond acceptors (Lipinski definition) is 3. The Hall–Kier alpha value is -1.62. The lowest BCUT2D eigenvalue weighted by Crippen LogP contribution is -2.26. The van der Waals surface area contributed by atoms with Gasteiger partial charge in [0, 0.05) is 11.4 Å². The van der Waals surface area contributed by atoms with E-state index in [0.717, 1.165) is 10.0 Å². The van der Waals surface area contributed by atoms with Gasteiger partial charge in [0.15, 0.2) is 5.89 Å². The first-order valence-corrected chi connectivity index (χ1v) is 6.77. The zero-order chi connectivity index (χ0) is 14.0. The van der Waals surface area contributed by atoms with Gasteiger partial charge in [0.25, 0.3) is 5.91 Å². The molecule has 0 aliphatic heterocycles. The van der Waals surface area contributed by atoms with Crippen LogP contribution in [0.4, 0.5) is 0 Å². The lowest BCUT2D eigenvalue weighted by molar-refractivity contribution is 0.0909. The molecule has 0 bridgehead atoms. The zero-order valence-electron chi connectivity index (χ0n) is 11.0. The average molecular weight is 323 g/mol. The summed E-state index contributed by atoms with van der Waals surface area (Å²) in [5.74, 6) is 0.530. The van der Waals surface area contributed by atoms with Crippen LogP contribution in [0.25, 0.3) is 0 Å². The quantitative estimate of drug-likeness (QED) is 0.940. The number of nitrogens with zero attached hydrogens (tertiary/aromatic N) is 1. The van der Waals surface area contributed by atoms with Crippen LogP contribution >= 0.6 is 15.9 Å². The highest BCUT2D eigenvalue weighted by Gasteiger charge is 2.18. The summed E-state index contributed by atoms with van der Waals surface area (Å²) in [5, 5.41) is 2.90. The minimum Gasteiger partial charge on any atom is -0.436 e. The van der Waals surface area contributed by atoms with E-state index < -0.39 is 0 Å². The molecule has 0 fully saturated rings. The number of benzene rings is 1. The van der Waals surface area contributed by atoms with Gasteiger partial charge in [-0.25, -0.2) is 4.98 Å². The van der Waals surface area contributed by atoms with Crippen molar-refractivity contribution in [2.75, 3.05) is 0 Å². The zero-order valence-corrected chi connectivity index (χ0v) is 12.6. The van der Waals surface area contributed by atoms with E-state index in [1.54, 1.807) is 13.8 Å². The standard InChI is InChI=1S/C14H15BrN2O2/c1-8(11-5-4-6-12(15)7-11)17-14(18)13-9(2)16-10(3)19-13/h4-8H,1-3H3,(H,17,18). The van der Waals surface area contributed by atoms with Crippen molar-refractivity contribution in [3.8, 4) is 0 Å². The van der Waals surface area contributed by atoms with Crippen molar-refractivity contribution in [3.63, 3.8) is 0 Å². The summed E-state index contributed by atoms with van der Waals surface area (Å²) in [7, 11) is 0. The third kappa shape index (κ3) is 3.23. The third-order valence-corrected chi connectivity index (χ3v) is 3.30. The van der Waals surface area contributed by atoms with Gasteiger partial charge in [-0.15, -0.1) is 0 Å². The number of aromatic nitrogens is 1. The molecular weight excluding hydrogens is 308 g/mol. The topological polar surface area (TPSA) is 55.1 Å². The predicted molar refractivity (Wildman–Crippen MR) is 76.0 cm³/mol. The molecule has 0 radical (unpaired) electrons. The Morgan fingerprint density at radius 2 is 2.16 bits per heavy atom. The molecule has 0 aliphatic rings. The highest BCUT2D eigenvalue weighted by Crippen LogP contribution is 2.19. The van der Waals surface area contributed by atoms with E-state index in [-0.39, 0.29) is 17.7 Å². The van der Waals surface area contributed by atoms with E-state index in [1.165, 1.54) is 0 Å². The summed E-state index contributed by atoms with van der Waals surface area (Å²) in [5.41, 5.74) is 1.63. The first kappa shape index (κ1) is 13.8. The molecule has 1 heterocycles. The summed E-state index contributed by atoms with van der Waals surface area (Å²) in [4.78, 5) is 16.2. The molecule has 1 amide bonds. The van der Waals surface area contributed by atoms with E-state index in [9.17, 15) is 4.79 Å². The number of halogens is 1. The summed E-state index contributed by atoms with van der Waals surface area (Å²) in [6.07, 6.45) is 0. The van der Waals surface area contributed by atoms with Crippen LogP contribution < -0.4 is 5.32 Å². The summed E-state index contributed by atoms with van der Waals surface area (Å²) >= 11 is 3.42. The van der Waals surface area contributed by atoms with Crippen molar-refractivity contribution in [2.24, 2.45) is 0 Å². The number of carbonyl (C=O) groups excluding carboxylic acids is 1. The van der Waals surface area contributed by atoms with Crippen molar-refractivity contribution >= 4 is 21.8 Å². The van der Waals surface area contributed by atoms with Gasteiger partial charge < -0.3 is 9.73 Å². The van der Waals surface area contributed by atoms with Crippen LogP contribution in [0, 0.1) is 13.8 Å². The molecule has 2 rings (SSSR count). The van der Waals surface area contributed by atoms with E-state index >= 15 is 0 Å².